The maximum Gasteiger partial charge on any atom is 0.233 e. The number of hydrogen-bond donors (Lipinski definition) is 0. The molecule has 0 N–H and O–H groups in total. The highest BCUT2D eigenvalue weighted by Crippen LogP contribution is 2.33. The molecule has 0 radical (unpaired) electrons. The SMILES string of the molecule is COc1ccc(CC(=O)N(Cc2ccccn2)c2nc3c(Cl)cccc3s2)cc1C. The van der Waals surface area contributed by atoms with Gasteiger partial charge >= 0.3 is 0 Å². The van der Waals surface area contributed by atoms with E-state index in [1.54, 1.807) is 24.3 Å². The second-order valence-corrected chi connectivity index (χ2v) is 8.28. The second kappa shape index (κ2) is 8.81. The minimum absolute atomic E-state index is 0.0552. The molecule has 0 atom stereocenters. The smallest absolute Gasteiger partial charge is 0.233 e. The first kappa shape index (κ1) is 20.3. The van der Waals surface area contributed by atoms with Crippen LogP contribution in [0.2, 0.25) is 5.02 Å². The molecule has 1 amide bonds. The van der Waals surface area contributed by atoms with Crippen molar-refractivity contribution < 1.29 is 9.53 Å². The number of thiazole rings is 1. The molecular formula is C23H20ClN3O2S. The van der Waals surface area contributed by atoms with Crippen LogP contribution in [0.3, 0.4) is 0 Å². The lowest BCUT2D eigenvalue weighted by molar-refractivity contribution is -0.118. The first-order valence-corrected chi connectivity index (χ1v) is 10.6. The predicted molar refractivity (Wildman–Crippen MR) is 121 cm³/mol. The second-order valence-electron chi connectivity index (χ2n) is 6.86. The Hall–Kier alpha value is -2.96. The third-order valence-electron chi connectivity index (χ3n) is 4.75. The number of aryl methyl sites for hydroxylation is 1. The lowest BCUT2D eigenvalue weighted by Gasteiger charge is -2.20. The number of amides is 1. The number of ether oxygens (including phenoxy) is 1. The Balaban J connectivity index is 1.68. The van der Waals surface area contributed by atoms with Gasteiger partial charge in [0.2, 0.25) is 5.91 Å². The van der Waals surface area contributed by atoms with Gasteiger partial charge in [0.15, 0.2) is 5.13 Å². The standard InChI is InChI=1S/C23H20ClN3O2S/c1-15-12-16(9-10-19(15)29-2)13-21(28)27(14-17-6-3-4-11-25-17)23-26-22-18(24)7-5-8-20(22)30-23/h3-12H,13-14H2,1-2H3. The van der Waals surface area contributed by atoms with E-state index in [1.807, 2.05) is 55.5 Å². The van der Waals surface area contributed by atoms with E-state index in [0.717, 1.165) is 27.3 Å². The molecule has 4 rings (SSSR count). The molecular weight excluding hydrogens is 418 g/mol. The van der Waals surface area contributed by atoms with Gasteiger partial charge in [0.05, 0.1) is 35.5 Å². The minimum atomic E-state index is -0.0552. The summed E-state index contributed by atoms with van der Waals surface area (Å²) in [7, 11) is 1.64. The van der Waals surface area contributed by atoms with Gasteiger partial charge in [0.25, 0.3) is 0 Å². The number of anilines is 1. The number of carbonyl (C=O) groups is 1. The molecule has 2 aromatic carbocycles. The van der Waals surface area contributed by atoms with Crippen LogP contribution >= 0.6 is 22.9 Å². The maximum absolute atomic E-state index is 13.3. The molecule has 0 aliphatic heterocycles. The summed E-state index contributed by atoms with van der Waals surface area (Å²) < 4.78 is 6.26. The predicted octanol–water partition coefficient (Wildman–Crippen LogP) is 5.44. The summed E-state index contributed by atoms with van der Waals surface area (Å²) in [6.45, 7) is 2.31. The van der Waals surface area contributed by atoms with E-state index in [4.69, 9.17) is 16.3 Å². The molecule has 0 aliphatic rings. The summed E-state index contributed by atoms with van der Waals surface area (Å²) in [6, 6.07) is 17.1. The maximum atomic E-state index is 13.3. The lowest BCUT2D eigenvalue weighted by atomic mass is 10.1. The van der Waals surface area contributed by atoms with E-state index in [1.165, 1.54) is 11.3 Å². The number of nitrogens with zero attached hydrogens (tertiary/aromatic N) is 3. The molecule has 0 spiro atoms. The molecule has 0 aliphatic carbocycles. The normalized spacial score (nSPS) is 10.9. The fourth-order valence-corrected chi connectivity index (χ4v) is 4.54. The van der Waals surface area contributed by atoms with E-state index in [0.29, 0.717) is 22.2 Å². The van der Waals surface area contributed by atoms with Crippen LogP contribution in [0.1, 0.15) is 16.8 Å². The summed E-state index contributed by atoms with van der Waals surface area (Å²) in [6.07, 6.45) is 1.97. The van der Waals surface area contributed by atoms with E-state index in [9.17, 15) is 4.79 Å². The molecule has 0 saturated heterocycles. The Bertz CT molecular complexity index is 1190. The Morgan fingerprint density at radius 2 is 2.03 bits per heavy atom. The fraction of sp³-hybridized carbons (Fsp3) is 0.174. The van der Waals surface area contributed by atoms with Crippen LogP contribution in [0.4, 0.5) is 5.13 Å². The summed E-state index contributed by atoms with van der Waals surface area (Å²) in [4.78, 5) is 24.1. The van der Waals surface area contributed by atoms with E-state index in [-0.39, 0.29) is 12.3 Å². The number of rotatable bonds is 6. The Kier molecular flexibility index (Phi) is 5.97. The van der Waals surface area contributed by atoms with Crippen LogP contribution in [-0.2, 0) is 17.8 Å². The highest BCUT2D eigenvalue weighted by Gasteiger charge is 2.22. The molecule has 4 aromatic rings. The molecule has 0 unspecified atom stereocenters. The molecule has 2 heterocycles. The van der Waals surface area contributed by atoms with Crippen LogP contribution in [0, 0.1) is 6.92 Å². The van der Waals surface area contributed by atoms with Crippen molar-refractivity contribution in [3.63, 3.8) is 0 Å². The van der Waals surface area contributed by atoms with E-state index >= 15 is 0 Å². The van der Waals surface area contributed by atoms with Crippen LogP contribution in [-0.4, -0.2) is 23.0 Å². The van der Waals surface area contributed by atoms with Crippen molar-refractivity contribution in [3.05, 3.63) is 82.6 Å². The number of fused-ring (bicyclic) bond motifs is 1. The van der Waals surface area contributed by atoms with Crippen molar-refractivity contribution >= 4 is 44.2 Å². The molecule has 0 fully saturated rings. The van der Waals surface area contributed by atoms with Gasteiger partial charge in [-0.05, 0) is 48.4 Å². The van der Waals surface area contributed by atoms with Crippen molar-refractivity contribution in [2.45, 2.75) is 19.9 Å². The van der Waals surface area contributed by atoms with Crippen LogP contribution in [0.15, 0.2) is 60.8 Å². The van der Waals surface area contributed by atoms with Gasteiger partial charge in [0.1, 0.15) is 11.3 Å². The van der Waals surface area contributed by atoms with Crippen molar-refractivity contribution in [2.75, 3.05) is 12.0 Å². The van der Waals surface area contributed by atoms with E-state index in [2.05, 4.69) is 9.97 Å². The largest absolute Gasteiger partial charge is 0.496 e. The van der Waals surface area contributed by atoms with Gasteiger partial charge in [-0.15, -0.1) is 0 Å². The van der Waals surface area contributed by atoms with Crippen molar-refractivity contribution in [1.82, 2.24) is 9.97 Å². The number of methoxy groups -OCH3 is 1. The van der Waals surface area contributed by atoms with Crippen molar-refractivity contribution in [3.8, 4) is 5.75 Å². The highest BCUT2D eigenvalue weighted by atomic mass is 35.5. The highest BCUT2D eigenvalue weighted by molar-refractivity contribution is 7.22. The first-order chi connectivity index (χ1) is 14.5. The number of halogens is 1. The molecule has 30 heavy (non-hydrogen) atoms. The summed E-state index contributed by atoms with van der Waals surface area (Å²) >= 11 is 7.76. The van der Waals surface area contributed by atoms with E-state index < -0.39 is 0 Å². The third kappa shape index (κ3) is 4.30. The number of benzene rings is 2. The molecule has 0 saturated carbocycles. The Morgan fingerprint density at radius 3 is 2.73 bits per heavy atom. The summed E-state index contributed by atoms with van der Waals surface area (Å²) in [5, 5.41) is 1.19. The van der Waals surface area contributed by atoms with Crippen molar-refractivity contribution in [1.29, 1.82) is 0 Å². The van der Waals surface area contributed by atoms with Gasteiger partial charge in [-0.2, -0.15) is 0 Å². The number of aromatic nitrogens is 2. The van der Waals surface area contributed by atoms with Crippen LogP contribution < -0.4 is 9.64 Å². The van der Waals surface area contributed by atoms with Crippen molar-refractivity contribution in [2.24, 2.45) is 0 Å². The number of hydrogen-bond acceptors (Lipinski definition) is 5. The Labute approximate surface area is 183 Å². The summed E-state index contributed by atoms with van der Waals surface area (Å²) in [5.74, 6) is 0.748. The third-order valence-corrected chi connectivity index (χ3v) is 6.10. The monoisotopic (exact) mass is 437 g/mol. The average Bonchev–Trinajstić information content (AvgIpc) is 3.18. The molecule has 0 bridgehead atoms. The van der Waals surface area contributed by atoms with Gasteiger partial charge in [0, 0.05) is 6.20 Å². The molecule has 2 aromatic heterocycles. The summed E-state index contributed by atoms with van der Waals surface area (Å²) in [5.41, 5.74) is 3.41. The zero-order valence-electron chi connectivity index (χ0n) is 16.6. The van der Waals surface area contributed by atoms with Gasteiger partial charge in [-0.1, -0.05) is 47.2 Å². The molecule has 152 valence electrons. The minimum Gasteiger partial charge on any atom is -0.496 e. The fourth-order valence-electron chi connectivity index (χ4n) is 3.26. The number of pyridine rings is 1. The van der Waals surface area contributed by atoms with Crippen LogP contribution in [0.5, 0.6) is 5.75 Å². The number of carbonyl (C=O) groups excluding carboxylic acids is 1. The quantitative estimate of drug-likeness (QED) is 0.403. The van der Waals surface area contributed by atoms with Gasteiger partial charge in [-0.25, -0.2) is 4.98 Å². The lowest BCUT2D eigenvalue weighted by Crippen LogP contribution is -2.32. The van der Waals surface area contributed by atoms with Gasteiger partial charge < -0.3 is 4.74 Å². The average molecular weight is 438 g/mol. The van der Waals surface area contributed by atoms with Crippen LogP contribution in [0.25, 0.3) is 10.2 Å². The first-order valence-electron chi connectivity index (χ1n) is 9.44. The molecule has 7 heteroatoms. The number of para-hydroxylation sites is 1. The Morgan fingerprint density at radius 1 is 1.17 bits per heavy atom. The zero-order valence-corrected chi connectivity index (χ0v) is 18.2. The zero-order chi connectivity index (χ0) is 21.1. The van der Waals surface area contributed by atoms with Gasteiger partial charge in [-0.3, -0.25) is 14.7 Å². The topological polar surface area (TPSA) is 55.3 Å². The molecule has 5 nitrogen and oxygen atoms in total.